The van der Waals surface area contributed by atoms with Crippen molar-refractivity contribution >= 4 is 10.0 Å². The van der Waals surface area contributed by atoms with Crippen LogP contribution in [0.2, 0.25) is 0 Å². The van der Waals surface area contributed by atoms with Gasteiger partial charge in [-0.25, -0.2) is 13.1 Å². The van der Waals surface area contributed by atoms with Crippen molar-refractivity contribution in [1.29, 1.82) is 0 Å². The van der Waals surface area contributed by atoms with Crippen molar-refractivity contribution in [3.8, 4) is 11.5 Å². The summed E-state index contributed by atoms with van der Waals surface area (Å²) in [6.45, 7) is 5.30. The fourth-order valence-electron chi connectivity index (χ4n) is 3.19. The maximum absolute atomic E-state index is 13.2. The molecule has 3 aromatic heterocycles. The van der Waals surface area contributed by atoms with Gasteiger partial charge in [0.15, 0.2) is 5.82 Å². The molecule has 0 aliphatic heterocycles. The maximum Gasteiger partial charge on any atom is 0.261 e. The molecule has 142 valence electrons. The third-order valence-electron chi connectivity index (χ3n) is 4.70. The molecule has 27 heavy (non-hydrogen) atoms. The summed E-state index contributed by atoms with van der Waals surface area (Å²) in [7, 11) is -3.83. The minimum Gasteiger partial charge on any atom is -0.361 e. The van der Waals surface area contributed by atoms with Crippen molar-refractivity contribution < 1.29 is 12.9 Å². The first-order chi connectivity index (χ1) is 12.9. The van der Waals surface area contributed by atoms with E-state index in [0.717, 1.165) is 18.4 Å². The summed E-state index contributed by atoms with van der Waals surface area (Å²) in [6, 6.07) is 3.17. The van der Waals surface area contributed by atoms with Crippen molar-refractivity contribution in [3.05, 3.63) is 47.3 Å². The molecule has 0 bridgehead atoms. The molecule has 4 rings (SSSR count). The molecule has 9 heteroatoms. The van der Waals surface area contributed by atoms with Gasteiger partial charge >= 0.3 is 0 Å². The van der Waals surface area contributed by atoms with E-state index < -0.39 is 16.1 Å². The number of aryl methyl sites for hydroxylation is 2. The van der Waals surface area contributed by atoms with Gasteiger partial charge in [0.2, 0.25) is 10.0 Å². The number of hydrogen-bond donors (Lipinski definition) is 2. The van der Waals surface area contributed by atoms with Crippen LogP contribution in [0.3, 0.4) is 0 Å². The second-order valence-electron chi connectivity index (χ2n) is 6.94. The zero-order valence-corrected chi connectivity index (χ0v) is 16.2. The Balaban J connectivity index is 1.71. The molecule has 3 aromatic rings. The van der Waals surface area contributed by atoms with Gasteiger partial charge in [-0.2, -0.15) is 4.98 Å². The first kappa shape index (κ1) is 17.9. The lowest BCUT2D eigenvalue weighted by atomic mass is 10.2. The topological polar surface area (TPSA) is 114 Å². The SMILES string of the molecule is Cc1[nH]c(C)c(S(=O)(=O)N[C@H](C)c2cccnc2)c1-c1nc(C2CC2)no1. The van der Waals surface area contributed by atoms with Gasteiger partial charge in [0.05, 0.1) is 5.56 Å². The van der Waals surface area contributed by atoms with E-state index in [-0.39, 0.29) is 10.8 Å². The summed E-state index contributed by atoms with van der Waals surface area (Å²) in [6.07, 6.45) is 5.37. The van der Waals surface area contributed by atoms with E-state index in [0.29, 0.717) is 28.7 Å². The smallest absolute Gasteiger partial charge is 0.261 e. The van der Waals surface area contributed by atoms with Crippen molar-refractivity contribution in [1.82, 2.24) is 24.8 Å². The molecular weight excluding hydrogens is 366 g/mol. The largest absolute Gasteiger partial charge is 0.361 e. The van der Waals surface area contributed by atoms with E-state index in [1.165, 1.54) is 0 Å². The van der Waals surface area contributed by atoms with Crippen LogP contribution in [0.15, 0.2) is 33.9 Å². The van der Waals surface area contributed by atoms with Gasteiger partial charge in [-0.3, -0.25) is 4.98 Å². The highest BCUT2D eigenvalue weighted by Gasteiger charge is 2.33. The van der Waals surface area contributed by atoms with Gasteiger partial charge in [-0.05, 0) is 45.2 Å². The Morgan fingerprint density at radius 1 is 1.30 bits per heavy atom. The second kappa shape index (κ2) is 6.58. The fraction of sp³-hybridized carbons (Fsp3) is 0.389. The standard InChI is InChI=1S/C18H21N5O3S/c1-10(14-5-4-8-19-9-14)23-27(24,25)16-12(3)20-11(2)15(16)18-21-17(22-26-18)13-6-7-13/h4-5,8-10,13,20,23H,6-7H2,1-3H3/t10-/m1/s1. The first-order valence-corrected chi connectivity index (χ1v) is 10.3. The number of pyridine rings is 1. The minimum absolute atomic E-state index is 0.140. The fourth-order valence-corrected chi connectivity index (χ4v) is 4.87. The second-order valence-corrected chi connectivity index (χ2v) is 8.59. The number of hydrogen-bond acceptors (Lipinski definition) is 6. The average Bonchev–Trinajstić information content (AvgIpc) is 3.28. The zero-order valence-electron chi connectivity index (χ0n) is 15.4. The minimum atomic E-state index is -3.83. The predicted octanol–water partition coefficient (Wildman–Crippen LogP) is 2.99. The van der Waals surface area contributed by atoms with Crippen molar-refractivity contribution in [3.63, 3.8) is 0 Å². The molecule has 0 saturated heterocycles. The zero-order chi connectivity index (χ0) is 19.2. The Kier molecular flexibility index (Phi) is 4.35. The van der Waals surface area contributed by atoms with Crippen molar-refractivity contribution in [2.24, 2.45) is 0 Å². The van der Waals surface area contributed by atoms with Crippen molar-refractivity contribution in [2.45, 2.75) is 50.5 Å². The molecule has 1 aliphatic carbocycles. The average molecular weight is 387 g/mol. The molecule has 1 atom stereocenters. The summed E-state index contributed by atoms with van der Waals surface area (Å²) < 4.78 is 34.4. The molecule has 1 saturated carbocycles. The van der Waals surface area contributed by atoms with Crippen LogP contribution in [0.1, 0.15) is 54.5 Å². The van der Waals surface area contributed by atoms with Crippen LogP contribution in [-0.4, -0.2) is 28.5 Å². The quantitative estimate of drug-likeness (QED) is 0.672. The maximum atomic E-state index is 13.2. The lowest BCUT2D eigenvalue weighted by molar-refractivity contribution is 0.421. The molecule has 8 nitrogen and oxygen atoms in total. The molecule has 3 heterocycles. The van der Waals surface area contributed by atoms with E-state index in [4.69, 9.17) is 4.52 Å². The molecular formula is C18H21N5O3S. The molecule has 1 aliphatic rings. The summed E-state index contributed by atoms with van der Waals surface area (Å²) in [4.78, 5) is 11.7. The van der Waals surface area contributed by atoms with Crippen LogP contribution in [0.5, 0.6) is 0 Å². The molecule has 1 fully saturated rings. The number of aromatic amines is 1. The highest BCUT2D eigenvalue weighted by Crippen LogP contribution is 2.40. The van der Waals surface area contributed by atoms with E-state index in [1.54, 1.807) is 39.2 Å². The van der Waals surface area contributed by atoms with Gasteiger partial charge < -0.3 is 9.51 Å². The highest BCUT2D eigenvalue weighted by molar-refractivity contribution is 7.89. The molecule has 0 unspecified atom stereocenters. The van der Waals surface area contributed by atoms with Gasteiger partial charge in [-0.1, -0.05) is 11.2 Å². The molecule has 0 amide bonds. The Labute approximate surface area is 157 Å². The number of nitrogens with zero attached hydrogens (tertiary/aromatic N) is 3. The molecule has 0 radical (unpaired) electrons. The third-order valence-corrected chi connectivity index (χ3v) is 6.41. The number of aromatic nitrogens is 4. The Bertz CT molecular complexity index is 1070. The number of nitrogens with one attached hydrogen (secondary N) is 2. The van der Waals surface area contributed by atoms with Crippen LogP contribution < -0.4 is 4.72 Å². The number of sulfonamides is 1. The van der Waals surface area contributed by atoms with Gasteiger partial charge in [0, 0.05) is 35.7 Å². The monoisotopic (exact) mass is 387 g/mol. The van der Waals surface area contributed by atoms with Crippen LogP contribution in [0.25, 0.3) is 11.5 Å². The van der Waals surface area contributed by atoms with E-state index in [1.807, 2.05) is 6.07 Å². The lowest BCUT2D eigenvalue weighted by Gasteiger charge is -2.15. The van der Waals surface area contributed by atoms with Gasteiger partial charge in [0.1, 0.15) is 4.90 Å². The number of H-pyrrole nitrogens is 1. The summed E-state index contributed by atoms with van der Waals surface area (Å²) in [5.41, 5.74) is 2.41. The Morgan fingerprint density at radius 3 is 2.74 bits per heavy atom. The van der Waals surface area contributed by atoms with E-state index in [9.17, 15) is 8.42 Å². The van der Waals surface area contributed by atoms with Crippen molar-refractivity contribution in [2.75, 3.05) is 0 Å². The molecule has 0 aromatic carbocycles. The summed E-state index contributed by atoms with van der Waals surface area (Å²) in [5.74, 6) is 1.20. The summed E-state index contributed by atoms with van der Waals surface area (Å²) in [5, 5.41) is 4.01. The Morgan fingerprint density at radius 2 is 2.07 bits per heavy atom. The Hall–Kier alpha value is -2.52. The van der Waals surface area contributed by atoms with Gasteiger partial charge in [-0.15, -0.1) is 0 Å². The van der Waals surface area contributed by atoms with Crippen LogP contribution in [-0.2, 0) is 10.0 Å². The lowest BCUT2D eigenvalue weighted by Crippen LogP contribution is -2.27. The molecule has 2 N–H and O–H groups in total. The normalized spacial score (nSPS) is 15.8. The highest BCUT2D eigenvalue weighted by atomic mass is 32.2. The van der Waals surface area contributed by atoms with Crippen LogP contribution >= 0.6 is 0 Å². The van der Waals surface area contributed by atoms with Crippen LogP contribution in [0, 0.1) is 13.8 Å². The van der Waals surface area contributed by atoms with Gasteiger partial charge in [0.25, 0.3) is 5.89 Å². The molecule has 0 spiro atoms. The van der Waals surface area contributed by atoms with Crippen LogP contribution in [0.4, 0.5) is 0 Å². The van der Waals surface area contributed by atoms with E-state index in [2.05, 4.69) is 24.8 Å². The summed E-state index contributed by atoms with van der Waals surface area (Å²) >= 11 is 0. The third kappa shape index (κ3) is 3.40. The number of rotatable bonds is 6. The predicted molar refractivity (Wildman–Crippen MR) is 98.5 cm³/mol. The van der Waals surface area contributed by atoms with E-state index >= 15 is 0 Å². The first-order valence-electron chi connectivity index (χ1n) is 8.82.